The van der Waals surface area contributed by atoms with Crippen molar-refractivity contribution < 1.29 is 18.0 Å². The third-order valence-electron chi connectivity index (χ3n) is 6.20. The minimum Gasteiger partial charge on any atom is -0.354 e. The van der Waals surface area contributed by atoms with Crippen LogP contribution in [0.15, 0.2) is 76.1 Å². The first kappa shape index (κ1) is 31.9. The van der Waals surface area contributed by atoms with Gasteiger partial charge in [-0.05, 0) is 67.8 Å². The molecule has 0 saturated carbocycles. The summed E-state index contributed by atoms with van der Waals surface area (Å²) >= 11 is 15.7. The highest BCUT2D eigenvalue weighted by Crippen LogP contribution is 2.31. The van der Waals surface area contributed by atoms with Gasteiger partial charge in [-0.1, -0.05) is 82.8 Å². The molecule has 1 atom stereocenters. The summed E-state index contributed by atoms with van der Waals surface area (Å²) in [4.78, 5) is 28.4. The van der Waals surface area contributed by atoms with Crippen LogP contribution < -0.4 is 9.62 Å². The Labute approximate surface area is 254 Å². The molecule has 214 valence electrons. The number of rotatable bonds is 11. The summed E-state index contributed by atoms with van der Waals surface area (Å²) < 4.78 is 29.6. The molecule has 0 fully saturated rings. The second kappa shape index (κ2) is 13.9. The van der Waals surface area contributed by atoms with Crippen molar-refractivity contribution in [2.75, 3.05) is 17.4 Å². The van der Waals surface area contributed by atoms with E-state index < -0.39 is 28.5 Å². The second-order valence-corrected chi connectivity index (χ2v) is 13.5. The summed E-state index contributed by atoms with van der Waals surface area (Å²) in [5.41, 5.74) is 1.84. The van der Waals surface area contributed by atoms with E-state index in [1.54, 1.807) is 19.1 Å². The van der Waals surface area contributed by atoms with Gasteiger partial charge >= 0.3 is 0 Å². The fourth-order valence-corrected chi connectivity index (χ4v) is 5.79. The minimum atomic E-state index is -4.20. The Bertz CT molecular complexity index is 1450. The van der Waals surface area contributed by atoms with Gasteiger partial charge in [0.1, 0.15) is 12.6 Å². The maximum atomic E-state index is 13.9. The Morgan fingerprint density at radius 2 is 1.55 bits per heavy atom. The van der Waals surface area contributed by atoms with E-state index in [1.807, 2.05) is 45.0 Å². The lowest BCUT2D eigenvalue weighted by Crippen LogP contribution is -2.51. The number of carbonyl (C=O) groups is 2. The summed E-state index contributed by atoms with van der Waals surface area (Å²) in [6.07, 6.45) is 0. The van der Waals surface area contributed by atoms with Crippen LogP contribution in [0.1, 0.15) is 31.9 Å². The SMILES string of the molecule is Cc1ccc(S(=O)(=O)N(CC(=O)N(Cc2ccc(Br)cc2)C(C)C(=O)NCC(C)C)c2ccc(Cl)c(Cl)c2)cc1. The highest BCUT2D eigenvalue weighted by molar-refractivity contribution is 9.10. The van der Waals surface area contributed by atoms with Crippen LogP contribution >= 0.6 is 39.1 Å². The van der Waals surface area contributed by atoms with Crippen LogP contribution in [0, 0.1) is 12.8 Å². The van der Waals surface area contributed by atoms with Gasteiger partial charge in [-0.3, -0.25) is 13.9 Å². The summed E-state index contributed by atoms with van der Waals surface area (Å²) in [5.74, 6) is -0.671. The predicted octanol–water partition coefficient (Wildman–Crippen LogP) is 6.45. The van der Waals surface area contributed by atoms with Crippen molar-refractivity contribution in [3.63, 3.8) is 0 Å². The van der Waals surface area contributed by atoms with E-state index in [-0.39, 0.29) is 39.0 Å². The zero-order chi connectivity index (χ0) is 29.6. The normalized spacial score (nSPS) is 12.2. The molecule has 3 aromatic rings. The molecule has 0 aliphatic heterocycles. The van der Waals surface area contributed by atoms with E-state index in [4.69, 9.17) is 23.2 Å². The topological polar surface area (TPSA) is 86.8 Å². The molecule has 3 rings (SSSR count). The van der Waals surface area contributed by atoms with E-state index in [9.17, 15) is 18.0 Å². The molecule has 0 bridgehead atoms. The molecule has 1 N–H and O–H groups in total. The fraction of sp³-hybridized carbons (Fsp3) is 0.310. The van der Waals surface area contributed by atoms with E-state index >= 15 is 0 Å². The maximum absolute atomic E-state index is 13.9. The van der Waals surface area contributed by atoms with Crippen LogP contribution in [0.2, 0.25) is 10.0 Å². The highest BCUT2D eigenvalue weighted by Gasteiger charge is 2.32. The number of amides is 2. The number of aryl methyl sites for hydroxylation is 1. The summed E-state index contributed by atoms with van der Waals surface area (Å²) in [6.45, 7) is 7.41. The zero-order valence-electron chi connectivity index (χ0n) is 22.7. The van der Waals surface area contributed by atoms with Crippen molar-refractivity contribution in [1.29, 1.82) is 0 Å². The Morgan fingerprint density at radius 3 is 2.12 bits per heavy atom. The first-order chi connectivity index (χ1) is 18.8. The molecule has 0 radical (unpaired) electrons. The number of hydrogen-bond acceptors (Lipinski definition) is 4. The van der Waals surface area contributed by atoms with E-state index in [1.165, 1.54) is 35.2 Å². The van der Waals surface area contributed by atoms with Crippen molar-refractivity contribution in [2.24, 2.45) is 5.92 Å². The molecule has 0 aromatic heterocycles. The molecule has 11 heteroatoms. The Balaban J connectivity index is 2.03. The van der Waals surface area contributed by atoms with Gasteiger partial charge in [0, 0.05) is 17.6 Å². The first-order valence-corrected chi connectivity index (χ1v) is 15.6. The second-order valence-electron chi connectivity index (χ2n) is 9.89. The monoisotopic (exact) mass is 667 g/mol. The predicted molar refractivity (Wildman–Crippen MR) is 164 cm³/mol. The molecule has 7 nitrogen and oxygen atoms in total. The number of halogens is 3. The van der Waals surface area contributed by atoms with Crippen LogP contribution in [0.25, 0.3) is 0 Å². The van der Waals surface area contributed by atoms with Gasteiger partial charge in [-0.25, -0.2) is 8.42 Å². The molecule has 0 aliphatic rings. The van der Waals surface area contributed by atoms with Gasteiger partial charge in [0.25, 0.3) is 10.0 Å². The Kier molecular flexibility index (Phi) is 11.1. The van der Waals surface area contributed by atoms with E-state index in [0.29, 0.717) is 6.54 Å². The van der Waals surface area contributed by atoms with Crippen molar-refractivity contribution in [3.8, 4) is 0 Å². The molecule has 0 heterocycles. The van der Waals surface area contributed by atoms with Crippen LogP contribution in [-0.2, 0) is 26.2 Å². The number of carbonyl (C=O) groups excluding carboxylic acids is 2. The molecule has 40 heavy (non-hydrogen) atoms. The molecule has 0 spiro atoms. The number of nitrogens with one attached hydrogen (secondary N) is 1. The first-order valence-electron chi connectivity index (χ1n) is 12.7. The fourth-order valence-electron chi connectivity index (χ4n) is 3.83. The van der Waals surface area contributed by atoms with Crippen LogP contribution in [-0.4, -0.2) is 44.3 Å². The van der Waals surface area contributed by atoms with Gasteiger partial charge in [0.15, 0.2) is 0 Å². The average molecular weight is 669 g/mol. The van der Waals surface area contributed by atoms with Gasteiger partial charge in [0.2, 0.25) is 11.8 Å². The number of benzene rings is 3. The van der Waals surface area contributed by atoms with E-state index in [2.05, 4.69) is 21.2 Å². The molecule has 0 aliphatic carbocycles. The van der Waals surface area contributed by atoms with Gasteiger partial charge in [-0.15, -0.1) is 0 Å². The van der Waals surface area contributed by atoms with Crippen LogP contribution in [0.5, 0.6) is 0 Å². The smallest absolute Gasteiger partial charge is 0.264 e. The lowest BCUT2D eigenvalue weighted by Gasteiger charge is -2.32. The van der Waals surface area contributed by atoms with Gasteiger partial charge < -0.3 is 10.2 Å². The number of hydrogen-bond donors (Lipinski definition) is 1. The summed E-state index contributed by atoms with van der Waals surface area (Å²) in [5, 5.41) is 3.26. The van der Waals surface area contributed by atoms with Gasteiger partial charge in [0.05, 0.1) is 20.6 Å². The lowest BCUT2D eigenvalue weighted by molar-refractivity contribution is -0.139. The van der Waals surface area contributed by atoms with Crippen molar-refractivity contribution in [1.82, 2.24) is 10.2 Å². The van der Waals surface area contributed by atoms with Crippen molar-refractivity contribution in [2.45, 2.75) is 45.2 Å². The number of anilines is 1. The molecule has 0 saturated heterocycles. The molecular weight excluding hydrogens is 637 g/mol. The quantitative estimate of drug-likeness (QED) is 0.255. The molecule has 1 unspecified atom stereocenters. The molecule has 2 amide bonds. The maximum Gasteiger partial charge on any atom is 0.264 e. The Hall–Kier alpha value is -2.59. The summed E-state index contributed by atoms with van der Waals surface area (Å²) in [7, 11) is -4.20. The van der Waals surface area contributed by atoms with Crippen LogP contribution in [0.4, 0.5) is 5.69 Å². The largest absolute Gasteiger partial charge is 0.354 e. The molecular formula is C29H32BrCl2N3O4S. The standard InChI is InChI=1S/C29H32BrCl2N3O4S/c1-19(2)16-33-29(37)21(4)34(17-22-7-9-23(30)10-8-22)28(36)18-35(24-11-14-26(31)27(32)15-24)40(38,39)25-12-5-20(3)6-13-25/h5-15,19,21H,16-18H2,1-4H3,(H,33,37). The summed E-state index contributed by atoms with van der Waals surface area (Å²) in [6, 6.07) is 17.2. The van der Waals surface area contributed by atoms with E-state index in [0.717, 1.165) is 19.9 Å². The third-order valence-corrected chi connectivity index (χ3v) is 9.25. The molecule has 3 aromatic carbocycles. The zero-order valence-corrected chi connectivity index (χ0v) is 26.6. The van der Waals surface area contributed by atoms with Crippen molar-refractivity contribution in [3.05, 3.63) is 92.4 Å². The average Bonchev–Trinajstić information content (AvgIpc) is 2.91. The minimum absolute atomic E-state index is 0.0131. The van der Waals surface area contributed by atoms with Crippen molar-refractivity contribution >= 4 is 66.7 Å². The Morgan fingerprint density at radius 1 is 0.925 bits per heavy atom. The third kappa shape index (κ3) is 8.22. The van der Waals surface area contributed by atoms with Gasteiger partial charge in [-0.2, -0.15) is 0 Å². The lowest BCUT2D eigenvalue weighted by atomic mass is 10.1. The number of nitrogens with zero attached hydrogens (tertiary/aromatic N) is 2. The highest BCUT2D eigenvalue weighted by atomic mass is 79.9. The number of sulfonamides is 1. The van der Waals surface area contributed by atoms with Crippen LogP contribution in [0.3, 0.4) is 0 Å².